The molecule has 1 unspecified atom stereocenters. The number of benzene rings is 1. The smallest absolute Gasteiger partial charge is 0.328 e. The molecule has 0 bridgehead atoms. The molecule has 0 fully saturated rings. The molecule has 0 aliphatic heterocycles. The van der Waals surface area contributed by atoms with Crippen LogP contribution in [0.15, 0.2) is 24.3 Å². The quantitative estimate of drug-likeness (QED) is 0.785. The van der Waals surface area contributed by atoms with Gasteiger partial charge in [0.05, 0.1) is 0 Å². The molecule has 1 aromatic carbocycles. The van der Waals surface area contributed by atoms with E-state index in [2.05, 4.69) is 16.7 Å². The lowest BCUT2D eigenvalue weighted by Crippen LogP contribution is -2.40. The molecule has 0 aliphatic carbocycles. The van der Waals surface area contributed by atoms with E-state index in [-0.39, 0.29) is 11.9 Å². The van der Waals surface area contributed by atoms with Crippen molar-refractivity contribution in [2.24, 2.45) is 0 Å². The zero-order chi connectivity index (χ0) is 16.0. The van der Waals surface area contributed by atoms with Crippen LogP contribution in [-0.4, -0.2) is 49.2 Å². The number of halogens is 1. The Balaban J connectivity index is 3.06. The van der Waals surface area contributed by atoms with Crippen molar-refractivity contribution in [1.82, 2.24) is 4.90 Å². The summed E-state index contributed by atoms with van der Waals surface area (Å²) in [6.07, 6.45) is 2.41. The van der Waals surface area contributed by atoms with E-state index in [0.717, 1.165) is 24.9 Å². The number of carbonyl (C=O) groups is 1. The number of anilines is 1. The minimum Gasteiger partial charge on any atom is -0.478 e. The average Bonchev–Trinajstić information content (AvgIpc) is 2.35. The Morgan fingerprint density at radius 1 is 1.38 bits per heavy atom. The van der Waals surface area contributed by atoms with Crippen LogP contribution in [0, 0.1) is 5.82 Å². The van der Waals surface area contributed by atoms with Gasteiger partial charge in [-0.25, -0.2) is 9.18 Å². The van der Waals surface area contributed by atoms with E-state index < -0.39 is 5.97 Å². The standard InChI is InChI=1S/C16H23FN2O2/c1-5-19(12(2)11-18(3)4)15-9-13(6-7-16(20)21)8-14(17)10-15/h6-10,12H,5,11H2,1-4H3,(H,20,21)/b7-6+. The van der Waals surface area contributed by atoms with Crippen LogP contribution < -0.4 is 4.90 Å². The summed E-state index contributed by atoms with van der Waals surface area (Å²) in [5.41, 5.74) is 1.31. The van der Waals surface area contributed by atoms with E-state index in [1.807, 2.05) is 21.0 Å². The maximum Gasteiger partial charge on any atom is 0.328 e. The third-order valence-electron chi connectivity index (χ3n) is 3.16. The number of rotatable bonds is 7. The normalized spacial score (nSPS) is 12.9. The van der Waals surface area contributed by atoms with Gasteiger partial charge >= 0.3 is 5.97 Å². The first-order chi connectivity index (χ1) is 9.83. The Labute approximate surface area is 125 Å². The molecule has 4 nitrogen and oxygen atoms in total. The van der Waals surface area contributed by atoms with Gasteiger partial charge in [0, 0.05) is 30.9 Å². The second kappa shape index (κ2) is 7.78. The number of hydrogen-bond acceptors (Lipinski definition) is 3. The van der Waals surface area contributed by atoms with Gasteiger partial charge in [0.1, 0.15) is 5.82 Å². The number of carboxylic acids is 1. The third kappa shape index (κ3) is 5.55. The Bertz CT molecular complexity index is 515. The Morgan fingerprint density at radius 3 is 2.57 bits per heavy atom. The van der Waals surface area contributed by atoms with Crippen molar-refractivity contribution in [3.05, 3.63) is 35.7 Å². The van der Waals surface area contributed by atoms with E-state index in [0.29, 0.717) is 5.56 Å². The minimum absolute atomic E-state index is 0.225. The Kier molecular flexibility index (Phi) is 6.37. The van der Waals surface area contributed by atoms with Crippen LogP contribution in [0.4, 0.5) is 10.1 Å². The third-order valence-corrected chi connectivity index (χ3v) is 3.16. The molecule has 1 atom stereocenters. The van der Waals surface area contributed by atoms with Crippen LogP contribution in [0.1, 0.15) is 19.4 Å². The summed E-state index contributed by atoms with van der Waals surface area (Å²) in [7, 11) is 3.99. The summed E-state index contributed by atoms with van der Waals surface area (Å²) >= 11 is 0. The first-order valence-electron chi connectivity index (χ1n) is 6.96. The zero-order valence-electron chi connectivity index (χ0n) is 13.0. The van der Waals surface area contributed by atoms with Crippen LogP contribution in [0.25, 0.3) is 6.08 Å². The van der Waals surface area contributed by atoms with E-state index in [1.165, 1.54) is 18.2 Å². The van der Waals surface area contributed by atoms with Crippen LogP contribution in [0.3, 0.4) is 0 Å². The molecule has 21 heavy (non-hydrogen) atoms. The predicted molar refractivity (Wildman–Crippen MR) is 84.1 cm³/mol. The molecule has 1 rings (SSSR count). The van der Waals surface area contributed by atoms with Crippen molar-refractivity contribution in [2.45, 2.75) is 19.9 Å². The highest BCUT2D eigenvalue weighted by Gasteiger charge is 2.15. The topological polar surface area (TPSA) is 43.8 Å². The van der Waals surface area contributed by atoms with Crippen molar-refractivity contribution in [2.75, 3.05) is 32.1 Å². The lowest BCUT2D eigenvalue weighted by Gasteiger charge is -2.32. The van der Waals surface area contributed by atoms with Crippen molar-refractivity contribution in [3.63, 3.8) is 0 Å². The SMILES string of the molecule is CCN(c1cc(F)cc(/C=C/C(=O)O)c1)C(C)CN(C)C. The molecule has 116 valence electrons. The second-order valence-electron chi connectivity index (χ2n) is 5.31. The van der Waals surface area contributed by atoms with Gasteiger partial charge < -0.3 is 14.9 Å². The molecule has 0 saturated carbocycles. The molecule has 0 amide bonds. The van der Waals surface area contributed by atoms with Crippen molar-refractivity contribution in [3.8, 4) is 0 Å². The molecule has 0 aromatic heterocycles. The van der Waals surface area contributed by atoms with Gasteiger partial charge in [0.15, 0.2) is 0 Å². The second-order valence-corrected chi connectivity index (χ2v) is 5.31. The van der Waals surface area contributed by atoms with Gasteiger partial charge in [-0.3, -0.25) is 0 Å². The Morgan fingerprint density at radius 2 is 2.05 bits per heavy atom. The largest absolute Gasteiger partial charge is 0.478 e. The minimum atomic E-state index is -1.05. The summed E-state index contributed by atoms with van der Waals surface area (Å²) in [5, 5.41) is 8.66. The number of carboxylic acid groups (broad SMARTS) is 1. The van der Waals surface area contributed by atoms with Crippen molar-refractivity contribution < 1.29 is 14.3 Å². The highest BCUT2D eigenvalue weighted by Crippen LogP contribution is 2.22. The fourth-order valence-corrected chi connectivity index (χ4v) is 2.40. The number of likely N-dealkylation sites (N-methyl/N-ethyl adjacent to an activating group) is 2. The number of hydrogen-bond donors (Lipinski definition) is 1. The average molecular weight is 294 g/mol. The molecule has 5 heteroatoms. The maximum absolute atomic E-state index is 13.8. The van der Waals surface area contributed by atoms with Gasteiger partial charge in [-0.05, 0) is 57.8 Å². The molecule has 0 radical (unpaired) electrons. The summed E-state index contributed by atoms with van der Waals surface area (Å²) in [4.78, 5) is 14.7. The first-order valence-corrected chi connectivity index (χ1v) is 6.96. The lowest BCUT2D eigenvalue weighted by atomic mass is 10.1. The highest BCUT2D eigenvalue weighted by molar-refractivity contribution is 5.85. The molecular weight excluding hydrogens is 271 g/mol. The van der Waals surface area contributed by atoms with E-state index in [9.17, 15) is 9.18 Å². The van der Waals surface area contributed by atoms with Gasteiger partial charge in [-0.2, -0.15) is 0 Å². The van der Waals surface area contributed by atoms with Crippen LogP contribution in [0.5, 0.6) is 0 Å². The van der Waals surface area contributed by atoms with Crippen LogP contribution in [0.2, 0.25) is 0 Å². The summed E-state index contributed by atoms with van der Waals surface area (Å²) in [6.45, 7) is 5.70. The van der Waals surface area contributed by atoms with Gasteiger partial charge in [-0.1, -0.05) is 0 Å². The highest BCUT2D eigenvalue weighted by atomic mass is 19.1. The van der Waals surface area contributed by atoms with Crippen LogP contribution in [-0.2, 0) is 4.79 Å². The fourth-order valence-electron chi connectivity index (χ4n) is 2.40. The van der Waals surface area contributed by atoms with Gasteiger partial charge in [0.25, 0.3) is 0 Å². The molecule has 1 N–H and O–H groups in total. The maximum atomic E-state index is 13.8. The van der Waals surface area contributed by atoms with Crippen molar-refractivity contribution >= 4 is 17.7 Å². The van der Waals surface area contributed by atoms with Crippen molar-refractivity contribution in [1.29, 1.82) is 0 Å². The number of nitrogens with zero attached hydrogens (tertiary/aromatic N) is 2. The molecule has 0 heterocycles. The summed E-state index contributed by atoms with van der Waals surface area (Å²) in [6, 6.07) is 4.84. The van der Waals surface area contributed by atoms with E-state index >= 15 is 0 Å². The van der Waals surface area contributed by atoms with E-state index in [4.69, 9.17) is 5.11 Å². The molecule has 0 saturated heterocycles. The van der Waals surface area contributed by atoms with Gasteiger partial charge in [0.2, 0.25) is 0 Å². The fraction of sp³-hybridized carbons (Fsp3) is 0.438. The lowest BCUT2D eigenvalue weighted by molar-refractivity contribution is -0.131. The monoisotopic (exact) mass is 294 g/mol. The predicted octanol–water partition coefficient (Wildman–Crippen LogP) is 2.70. The first kappa shape index (κ1) is 17.2. The van der Waals surface area contributed by atoms with E-state index in [1.54, 1.807) is 6.07 Å². The summed E-state index contributed by atoms with van der Waals surface area (Å²) in [5.74, 6) is -1.41. The molecule has 0 spiro atoms. The van der Waals surface area contributed by atoms with Gasteiger partial charge in [-0.15, -0.1) is 0 Å². The molecular formula is C16H23FN2O2. The Hall–Kier alpha value is -1.88. The molecule has 1 aromatic rings. The zero-order valence-corrected chi connectivity index (χ0v) is 13.0. The molecule has 0 aliphatic rings. The summed E-state index contributed by atoms with van der Waals surface area (Å²) < 4.78 is 13.8. The number of aliphatic carboxylic acids is 1. The van der Waals surface area contributed by atoms with Crippen LogP contribution >= 0.6 is 0 Å².